The van der Waals surface area contributed by atoms with Crippen LogP contribution in [0.4, 0.5) is 19.1 Å². The molecule has 0 aliphatic carbocycles. The minimum absolute atomic E-state index is 0.359. The van der Waals surface area contributed by atoms with E-state index in [1.165, 1.54) is 12.1 Å². The van der Waals surface area contributed by atoms with Crippen molar-refractivity contribution in [3.63, 3.8) is 0 Å². The van der Waals surface area contributed by atoms with Gasteiger partial charge < -0.3 is 5.32 Å². The lowest BCUT2D eigenvalue weighted by molar-refractivity contribution is -0.137. The third-order valence-corrected chi connectivity index (χ3v) is 6.89. The second-order valence-electron chi connectivity index (χ2n) is 9.68. The van der Waals surface area contributed by atoms with Gasteiger partial charge >= 0.3 is 6.18 Å². The Balaban J connectivity index is 1.34. The number of nitrogens with zero attached hydrogens (tertiary/aromatic N) is 5. The van der Waals surface area contributed by atoms with Crippen LogP contribution in [0.3, 0.4) is 0 Å². The number of aromatic nitrogens is 5. The van der Waals surface area contributed by atoms with Gasteiger partial charge in [-0.1, -0.05) is 48.5 Å². The number of alkyl halides is 3. The molecule has 204 valence electrons. The van der Waals surface area contributed by atoms with Crippen molar-refractivity contribution in [1.82, 2.24) is 24.5 Å². The summed E-state index contributed by atoms with van der Waals surface area (Å²) in [5, 5.41) is 3.22. The molecule has 0 unspecified atom stereocenters. The predicted octanol–water partition coefficient (Wildman–Crippen LogP) is 7.53. The molecule has 0 fully saturated rings. The third kappa shape index (κ3) is 5.65. The van der Waals surface area contributed by atoms with Crippen molar-refractivity contribution in [2.24, 2.45) is 0 Å². The van der Waals surface area contributed by atoms with E-state index in [1.54, 1.807) is 24.8 Å². The molecular weight excluding hydrogens is 525 g/mol. The summed E-state index contributed by atoms with van der Waals surface area (Å²) in [4.78, 5) is 18.2. The average Bonchev–Trinajstić information content (AvgIpc) is 3.41. The van der Waals surface area contributed by atoms with Gasteiger partial charge in [0.05, 0.1) is 22.3 Å². The molecule has 3 aromatic heterocycles. The molecule has 6 rings (SSSR count). The predicted molar refractivity (Wildman–Crippen MR) is 154 cm³/mol. The number of anilines is 1. The van der Waals surface area contributed by atoms with Crippen LogP contribution in [0.1, 0.15) is 16.7 Å². The van der Waals surface area contributed by atoms with Gasteiger partial charge in [-0.2, -0.15) is 18.2 Å². The van der Waals surface area contributed by atoms with Crippen LogP contribution >= 0.6 is 0 Å². The Morgan fingerprint density at radius 1 is 0.829 bits per heavy atom. The number of aryl methyl sites for hydroxylation is 1. The van der Waals surface area contributed by atoms with Gasteiger partial charge in [0, 0.05) is 30.6 Å². The number of halogens is 3. The van der Waals surface area contributed by atoms with E-state index in [0.29, 0.717) is 30.3 Å². The molecule has 0 amide bonds. The number of imidazole rings is 1. The van der Waals surface area contributed by atoms with E-state index in [9.17, 15) is 13.2 Å². The van der Waals surface area contributed by atoms with Crippen molar-refractivity contribution in [2.45, 2.75) is 19.5 Å². The quantitative estimate of drug-likeness (QED) is 0.223. The molecule has 0 radical (unpaired) electrons. The zero-order valence-corrected chi connectivity index (χ0v) is 22.1. The fraction of sp³-hybridized carbons (Fsp3) is 0.125. The summed E-state index contributed by atoms with van der Waals surface area (Å²) in [5.41, 5.74) is 6.44. The summed E-state index contributed by atoms with van der Waals surface area (Å²) in [6, 6.07) is 25.2. The molecule has 6 nitrogen and oxygen atoms in total. The van der Waals surface area contributed by atoms with Crippen LogP contribution in [0.2, 0.25) is 0 Å². The van der Waals surface area contributed by atoms with Gasteiger partial charge in [0.1, 0.15) is 12.1 Å². The average molecular weight is 551 g/mol. The minimum Gasteiger partial charge on any atom is -0.354 e. The molecule has 0 aliphatic heterocycles. The van der Waals surface area contributed by atoms with Gasteiger partial charge in [-0.25, -0.2) is 9.97 Å². The standard InChI is InChI=1S/C32H25F3N6/c1-21-5-2-3-8-26(21)27-19-30(40-31(39-27)37-16-11-22-6-4-7-25(17-22)32(33,34)35)41-20-38-28-18-24(9-10-29(28)41)23-12-14-36-15-13-23/h2-10,12-15,17-20H,11,16H2,1H3,(H,37,39,40). The third-order valence-electron chi connectivity index (χ3n) is 6.89. The highest BCUT2D eigenvalue weighted by Gasteiger charge is 2.30. The van der Waals surface area contributed by atoms with Gasteiger partial charge in [0.25, 0.3) is 0 Å². The Bertz CT molecular complexity index is 1830. The Hall–Kier alpha value is -5.05. The van der Waals surface area contributed by atoms with Crippen molar-refractivity contribution in [2.75, 3.05) is 11.9 Å². The van der Waals surface area contributed by atoms with E-state index < -0.39 is 11.7 Å². The van der Waals surface area contributed by atoms with Crippen molar-refractivity contribution >= 4 is 17.0 Å². The topological polar surface area (TPSA) is 68.5 Å². The first kappa shape index (κ1) is 26.2. The molecule has 3 aromatic carbocycles. The smallest absolute Gasteiger partial charge is 0.354 e. The summed E-state index contributed by atoms with van der Waals surface area (Å²) in [6.45, 7) is 2.38. The Kier molecular flexibility index (Phi) is 6.93. The van der Waals surface area contributed by atoms with Gasteiger partial charge in [-0.3, -0.25) is 9.55 Å². The second kappa shape index (κ2) is 10.8. The lowest BCUT2D eigenvalue weighted by Gasteiger charge is -2.13. The van der Waals surface area contributed by atoms with Crippen molar-refractivity contribution in [3.05, 3.63) is 120 Å². The van der Waals surface area contributed by atoms with E-state index in [0.717, 1.165) is 45.0 Å². The molecule has 0 saturated heterocycles. The molecule has 6 aromatic rings. The van der Waals surface area contributed by atoms with E-state index in [1.807, 2.05) is 72.2 Å². The van der Waals surface area contributed by atoms with Crippen LogP contribution < -0.4 is 5.32 Å². The van der Waals surface area contributed by atoms with E-state index in [4.69, 9.17) is 9.97 Å². The molecule has 9 heteroatoms. The number of nitrogens with one attached hydrogen (secondary N) is 1. The summed E-state index contributed by atoms with van der Waals surface area (Å²) in [7, 11) is 0. The maximum Gasteiger partial charge on any atom is 0.416 e. The normalized spacial score (nSPS) is 11.6. The minimum atomic E-state index is -4.38. The monoisotopic (exact) mass is 550 g/mol. The van der Waals surface area contributed by atoms with Crippen LogP contribution in [-0.4, -0.2) is 31.0 Å². The number of rotatable bonds is 7. The van der Waals surface area contributed by atoms with Crippen molar-refractivity contribution in [3.8, 4) is 28.2 Å². The first-order valence-corrected chi connectivity index (χ1v) is 13.1. The van der Waals surface area contributed by atoms with Crippen LogP contribution in [0, 0.1) is 6.92 Å². The maximum atomic E-state index is 13.1. The van der Waals surface area contributed by atoms with Crippen LogP contribution in [0.15, 0.2) is 104 Å². The number of benzene rings is 3. The highest BCUT2D eigenvalue weighted by molar-refractivity contribution is 5.83. The van der Waals surface area contributed by atoms with Gasteiger partial charge in [0.2, 0.25) is 5.95 Å². The molecule has 41 heavy (non-hydrogen) atoms. The van der Waals surface area contributed by atoms with Crippen LogP contribution in [0.5, 0.6) is 0 Å². The SMILES string of the molecule is Cc1ccccc1-c1cc(-n2cnc3cc(-c4ccncc4)ccc32)nc(NCCc2cccc(C(F)(F)F)c2)n1. The number of pyridine rings is 1. The van der Waals surface area contributed by atoms with Crippen LogP contribution in [0.25, 0.3) is 39.2 Å². The zero-order chi connectivity index (χ0) is 28.4. The fourth-order valence-electron chi connectivity index (χ4n) is 4.78. The Morgan fingerprint density at radius 3 is 2.46 bits per heavy atom. The molecule has 0 bridgehead atoms. The number of hydrogen-bond acceptors (Lipinski definition) is 5. The van der Waals surface area contributed by atoms with Crippen molar-refractivity contribution < 1.29 is 13.2 Å². The first-order chi connectivity index (χ1) is 19.8. The second-order valence-corrected chi connectivity index (χ2v) is 9.68. The summed E-state index contributed by atoms with van der Waals surface area (Å²) in [6.07, 6.45) is 1.25. The van der Waals surface area contributed by atoms with E-state index in [-0.39, 0.29) is 0 Å². The summed E-state index contributed by atoms with van der Waals surface area (Å²) >= 11 is 0. The lowest BCUT2D eigenvalue weighted by atomic mass is 10.1. The number of fused-ring (bicyclic) bond motifs is 1. The van der Waals surface area contributed by atoms with Gasteiger partial charge in [0.15, 0.2) is 0 Å². The van der Waals surface area contributed by atoms with Crippen LogP contribution in [-0.2, 0) is 12.6 Å². The molecule has 0 spiro atoms. The highest BCUT2D eigenvalue weighted by atomic mass is 19.4. The Labute approximate surface area is 234 Å². The van der Waals surface area contributed by atoms with Gasteiger partial charge in [-0.05, 0) is 65.9 Å². The van der Waals surface area contributed by atoms with E-state index in [2.05, 4.69) is 15.3 Å². The number of hydrogen-bond donors (Lipinski definition) is 1. The summed E-state index contributed by atoms with van der Waals surface area (Å²) < 4.78 is 41.3. The summed E-state index contributed by atoms with van der Waals surface area (Å²) in [5.74, 6) is 1.00. The molecule has 0 aliphatic rings. The maximum absolute atomic E-state index is 13.1. The fourth-order valence-corrected chi connectivity index (χ4v) is 4.78. The highest BCUT2D eigenvalue weighted by Crippen LogP contribution is 2.30. The first-order valence-electron chi connectivity index (χ1n) is 13.1. The molecule has 0 atom stereocenters. The molecule has 3 heterocycles. The largest absolute Gasteiger partial charge is 0.416 e. The zero-order valence-electron chi connectivity index (χ0n) is 22.1. The molecule has 1 N–H and O–H groups in total. The lowest BCUT2D eigenvalue weighted by Crippen LogP contribution is -2.11. The Morgan fingerprint density at radius 2 is 1.66 bits per heavy atom. The van der Waals surface area contributed by atoms with E-state index >= 15 is 0 Å². The van der Waals surface area contributed by atoms with Gasteiger partial charge in [-0.15, -0.1) is 0 Å². The molecular formula is C32H25F3N6. The molecule has 0 saturated carbocycles. The van der Waals surface area contributed by atoms with Crippen molar-refractivity contribution in [1.29, 1.82) is 0 Å².